The average Bonchev–Trinajstić information content (AvgIpc) is 2.19. The molecule has 0 radical (unpaired) electrons. The SMILES string of the molecule is CC#CCNC(=O)[C@H]1COCCN1. The Morgan fingerprint density at radius 3 is 3.23 bits per heavy atom. The summed E-state index contributed by atoms with van der Waals surface area (Å²) in [6.45, 7) is 4.02. The van der Waals surface area contributed by atoms with Gasteiger partial charge >= 0.3 is 0 Å². The number of morpholine rings is 1. The van der Waals surface area contributed by atoms with Gasteiger partial charge in [0.25, 0.3) is 0 Å². The zero-order valence-corrected chi connectivity index (χ0v) is 7.72. The number of hydrogen-bond donors (Lipinski definition) is 2. The molecule has 1 aliphatic heterocycles. The molecule has 0 aromatic rings. The lowest BCUT2D eigenvalue weighted by atomic mass is 10.2. The third-order valence-corrected chi connectivity index (χ3v) is 1.77. The number of rotatable bonds is 2. The average molecular weight is 182 g/mol. The highest BCUT2D eigenvalue weighted by Crippen LogP contribution is 1.92. The van der Waals surface area contributed by atoms with E-state index in [9.17, 15) is 4.79 Å². The van der Waals surface area contributed by atoms with Crippen LogP contribution in [-0.2, 0) is 9.53 Å². The van der Waals surface area contributed by atoms with Gasteiger partial charge in [-0.2, -0.15) is 0 Å². The van der Waals surface area contributed by atoms with E-state index < -0.39 is 0 Å². The number of amides is 1. The molecule has 1 heterocycles. The summed E-state index contributed by atoms with van der Waals surface area (Å²) in [5.74, 6) is 5.44. The van der Waals surface area contributed by atoms with Crippen LogP contribution in [0.1, 0.15) is 6.92 Å². The van der Waals surface area contributed by atoms with E-state index in [0.717, 1.165) is 6.54 Å². The quantitative estimate of drug-likeness (QED) is 0.545. The first kappa shape index (κ1) is 10.0. The highest BCUT2D eigenvalue weighted by Gasteiger charge is 2.19. The van der Waals surface area contributed by atoms with Crippen LogP contribution in [-0.4, -0.2) is 38.3 Å². The second kappa shape index (κ2) is 5.57. The van der Waals surface area contributed by atoms with Crippen molar-refractivity contribution in [2.75, 3.05) is 26.3 Å². The Kier molecular flexibility index (Phi) is 4.30. The second-order valence-corrected chi connectivity index (χ2v) is 2.73. The van der Waals surface area contributed by atoms with E-state index in [1.807, 2.05) is 0 Å². The van der Waals surface area contributed by atoms with Crippen molar-refractivity contribution in [2.45, 2.75) is 13.0 Å². The molecule has 0 aliphatic carbocycles. The monoisotopic (exact) mass is 182 g/mol. The van der Waals surface area contributed by atoms with Crippen molar-refractivity contribution in [2.24, 2.45) is 0 Å². The van der Waals surface area contributed by atoms with Gasteiger partial charge in [-0.1, -0.05) is 5.92 Å². The molecule has 1 amide bonds. The predicted octanol–water partition coefficient (Wildman–Crippen LogP) is -0.886. The van der Waals surface area contributed by atoms with Crippen LogP contribution < -0.4 is 10.6 Å². The Morgan fingerprint density at radius 1 is 1.77 bits per heavy atom. The topological polar surface area (TPSA) is 50.4 Å². The molecule has 0 aromatic heterocycles. The minimum atomic E-state index is -0.215. The number of ether oxygens (including phenoxy) is 1. The van der Waals surface area contributed by atoms with E-state index in [1.54, 1.807) is 6.92 Å². The smallest absolute Gasteiger partial charge is 0.240 e. The molecule has 0 saturated carbocycles. The van der Waals surface area contributed by atoms with Gasteiger partial charge in [0.2, 0.25) is 5.91 Å². The molecule has 1 atom stereocenters. The van der Waals surface area contributed by atoms with Gasteiger partial charge in [-0.15, -0.1) is 5.92 Å². The number of carbonyl (C=O) groups excluding carboxylic acids is 1. The first-order chi connectivity index (χ1) is 6.34. The van der Waals surface area contributed by atoms with Crippen molar-refractivity contribution in [3.8, 4) is 11.8 Å². The molecular formula is C9H14N2O2. The Balaban J connectivity index is 2.23. The van der Waals surface area contributed by atoms with Crippen LogP contribution in [0.5, 0.6) is 0 Å². The minimum Gasteiger partial charge on any atom is -0.378 e. The third-order valence-electron chi connectivity index (χ3n) is 1.77. The van der Waals surface area contributed by atoms with Crippen molar-refractivity contribution in [1.29, 1.82) is 0 Å². The van der Waals surface area contributed by atoms with Crippen LogP contribution in [0, 0.1) is 11.8 Å². The summed E-state index contributed by atoms with van der Waals surface area (Å²) in [4.78, 5) is 11.4. The molecule has 0 bridgehead atoms. The maximum Gasteiger partial charge on any atom is 0.240 e. The second-order valence-electron chi connectivity index (χ2n) is 2.73. The fraction of sp³-hybridized carbons (Fsp3) is 0.667. The number of hydrogen-bond acceptors (Lipinski definition) is 3. The summed E-state index contributed by atoms with van der Waals surface area (Å²) < 4.78 is 5.15. The fourth-order valence-corrected chi connectivity index (χ4v) is 1.08. The first-order valence-electron chi connectivity index (χ1n) is 4.33. The molecule has 0 aromatic carbocycles. The lowest BCUT2D eigenvalue weighted by molar-refractivity contribution is -0.125. The molecule has 0 unspecified atom stereocenters. The molecule has 0 spiro atoms. The molecule has 1 aliphatic rings. The van der Waals surface area contributed by atoms with Gasteiger partial charge in [0.15, 0.2) is 0 Å². The van der Waals surface area contributed by atoms with Crippen molar-refractivity contribution in [3.63, 3.8) is 0 Å². The lowest BCUT2D eigenvalue weighted by Gasteiger charge is -2.22. The van der Waals surface area contributed by atoms with Crippen molar-refractivity contribution >= 4 is 5.91 Å². The molecule has 1 fully saturated rings. The van der Waals surface area contributed by atoms with Gasteiger partial charge in [0.1, 0.15) is 6.04 Å². The number of carbonyl (C=O) groups is 1. The van der Waals surface area contributed by atoms with Crippen LogP contribution in [0.15, 0.2) is 0 Å². The Bertz CT molecular complexity index is 224. The molecule has 4 nitrogen and oxygen atoms in total. The van der Waals surface area contributed by atoms with Gasteiger partial charge in [-0.25, -0.2) is 0 Å². The molecule has 4 heteroatoms. The first-order valence-corrected chi connectivity index (χ1v) is 4.33. The summed E-state index contributed by atoms with van der Waals surface area (Å²) in [6, 6.07) is -0.215. The van der Waals surface area contributed by atoms with Crippen LogP contribution in [0.3, 0.4) is 0 Å². The zero-order valence-electron chi connectivity index (χ0n) is 7.72. The fourth-order valence-electron chi connectivity index (χ4n) is 1.08. The normalized spacial score (nSPS) is 21.5. The van der Waals surface area contributed by atoms with Gasteiger partial charge < -0.3 is 15.4 Å². The largest absolute Gasteiger partial charge is 0.378 e. The zero-order chi connectivity index (χ0) is 9.52. The third kappa shape index (κ3) is 3.45. The summed E-state index contributed by atoms with van der Waals surface area (Å²) >= 11 is 0. The van der Waals surface area contributed by atoms with Gasteiger partial charge in [-0.05, 0) is 6.92 Å². The van der Waals surface area contributed by atoms with E-state index in [1.165, 1.54) is 0 Å². The summed E-state index contributed by atoms with van der Waals surface area (Å²) in [5.41, 5.74) is 0. The molecular weight excluding hydrogens is 168 g/mol. The van der Waals surface area contributed by atoms with Gasteiger partial charge in [-0.3, -0.25) is 4.79 Å². The molecule has 72 valence electrons. The van der Waals surface area contributed by atoms with Gasteiger partial charge in [0, 0.05) is 6.54 Å². The maximum absolute atomic E-state index is 11.4. The summed E-state index contributed by atoms with van der Waals surface area (Å²) in [5, 5.41) is 5.76. The van der Waals surface area contributed by atoms with Crippen molar-refractivity contribution < 1.29 is 9.53 Å². The molecule has 13 heavy (non-hydrogen) atoms. The van der Waals surface area contributed by atoms with E-state index in [0.29, 0.717) is 19.8 Å². The minimum absolute atomic E-state index is 0.0394. The van der Waals surface area contributed by atoms with E-state index in [-0.39, 0.29) is 11.9 Å². The maximum atomic E-state index is 11.4. The van der Waals surface area contributed by atoms with Crippen LogP contribution in [0.25, 0.3) is 0 Å². The van der Waals surface area contributed by atoms with Gasteiger partial charge in [0.05, 0.1) is 19.8 Å². The molecule has 1 saturated heterocycles. The highest BCUT2D eigenvalue weighted by atomic mass is 16.5. The van der Waals surface area contributed by atoms with Crippen molar-refractivity contribution in [3.05, 3.63) is 0 Å². The van der Waals surface area contributed by atoms with Crippen LogP contribution in [0.4, 0.5) is 0 Å². The summed E-state index contributed by atoms with van der Waals surface area (Å²) in [7, 11) is 0. The van der Waals surface area contributed by atoms with E-state index in [4.69, 9.17) is 4.74 Å². The Morgan fingerprint density at radius 2 is 2.62 bits per heavy atom. The lowest BCUT2D eigenvalue weighted by Crippen LogP contribution is -2.51. The predicted molar refractivity (Wildman–Crippen MR) is 49.1 cm³/mol. The van der Waals surface area contributed by atoms with Crippen LogP contribution >= 0.6 is 0 Å². The standard InChI is InChI=1S/C9H14N2O2/c1-2-3-4-11-9(12)8-7-13-6-5-10-8/h8,10H,4-7H2,1H3,(H,11,12)/t8-/m1/s1. The Hall–Kier alpha value is -1.05. The van der Waals surface area contributed by atoms with Crippen LogP contribution in [0.2, 0.25) is 0 Å². The Labute approximate surface area is 78.0 Å². The molecule has 2 N–H and O–H groups in total. The van der Waals surface area contributed by atoms with Crippen molar-refractivity contribution in [1.82, 2.24) is 10.6 Å². The summed E-state index contributed by atoms with van der Waals surface area (Å²) in [6.07, 6.45) is 0. The molecule has 1 rings (SSSR count). The number of nitrogens with one attached hydrogen (secondary N) is 2. The highest BCUT2D eigenvalue weighted by molar-refractivity contribution is 5.82. The van der Waals surface area contributed by atoms with E-state index >= 15 is 0 Å². The van der Waals surface area contributed by atoms with E-state index in [2.05, 4.69) is 22.5 Å².